The zero-order chi connectivity index (χ0) is 17.9. The molecule has 2 rings (SSSR count). The number of hydrogen-bond acceptors (Lipinski definition) is 5. The van der Waals surface area contributed by atoms with Crippen LogP contribution in [0.25, 0.3) is 0 Å². The second kappa shape index (κ2) is 7.10. The van der Waals surface area contributed by atoms with Crippen LogP contribution < -0.4 is 9.46 Å². The molecule has 0 bridgehead atoms. The predicted molar refractivity (Wildman–Crippen MR) is 88.0 cm³/mol. The van der Waals surface area contributed by atoms with Gasteiger partial charge in [-0.1, -0.05) is 11.6 Å². The molecule has 10 heteroatoms. The van der Waals surface area contributed by atoms with Crippen molar-refractivity contribution in [3.63, 3.8) is 0 Å². The third-order valence-corrected chi connectivity index (χ3v) is 4.62. The van der Waals surface area contributed by atoms with Crippen molar-refractivity contribution in [3.05, 3.63) is 35.6 Å². The highest BCUT2D eigenvalue weighted by Crippen LogP contribution is 2.28. The molecule has 0 spiro atoms. The molecule has 1 heterocycles. The summed E-state index contributed by atoms with van der Waals surface area (Å²) in [6.07, 6.45) is 2.98. The Morgan fingerprint density at radius 3 is 2.71 bits per heavy atom. The van der Waals surface area contributed by atoms with Gasteiger partial charge in [-0.25, -0.2) is 13.2 Å². The summed E-state index contributed by atoms with van der Waals surface area (Å²) in [5.74, 6) is -1.07. The Hall–Kier alpha value is -2.26. The van der Waals surface area contributed by atoms with Gasteiger partial charge in [0.05, 0.1) is 21.8 Å². The first kappa shape index (κ1) is 18.1. The smallest absolute Gasteiger partial charge is 0.341 e. The van der Waals surface area contributed by atoms with E-state index in [1.54, 1.807) is 10.9 Å². The highest BCUT2D eigenvalue weighted by Gasteiger charge is 2.18. The second-order valence-corrected chi connectivity index (χ2v) is 7.27. The van der Waals surface area contributed by atoms with E-state index in [2.05, 4.69) is 9.82 Å². The third-order valence-electron chi connectivity index (χ3n) is 2.95. The Labute approximate surface area is 144 Å². The third kappa shape index (κ3) is 4.39. The molecule has 2 aromatic rings. The lowest BCUT2D eigenvalue weighted by Crippen LogP contribution is -2.13. The van der Waals surface area contributed by atoms with Crippen molar-refractivity contribution in [2.24, 2.45) is 0 Å². The van der Waals surface area contributed by atoms with Crippen LogP contribution >= 0.6 is 11.6 Å². The van der Waals surface area contributed by atoms with Gasteiger partial charge in [0, 0.05) is 12.2 Å². The van der Waals surface area contributed by atoms with Crippen LogP contribution in [0.3, 0.4) is 0 Å². The maximum atomic E-state index is 12.4. The number of nitrogens with one attached hydrogen (secondary N) is 1. The summed E-state index contributed by atoms with van der Waals surface area (Å²) in [6, 6.07) is 3.87. The van der Waals surface area contributed by atoms with Crippen LogP contribution in [0.15, 0.2) is 35.5 Å². The van der Waals surface area contributed by atoms with Crippen LogP contribution in [0.2, 0.25) is 5.02 Å². The number of halogens is 1. The van der Waals surface area contributed by atoms with Gasteiger partial charge in [0.15, 0.2) is 6.61 Å². The van der Waals surface area contributed by atoms with Crippen LogP contribution in [0.4, 0.5) is 5.69 Å². The van der Waals surface area contributed by atoms with E-state index < -0.39 is 22.6 Å². The fourth-order valence-corrected chi connectivity index (χ4v) is 3.15. The topological polar surface area (TPSA) is 111 Å². The number of hydrogen-bond donors (Lipinski definition) is 2. The SMILES string of the molecule is CC(C)n1cc(NS(=O)(=O)c2ccc(OCC(=O)O)c(Cl)c2)cn1. The Morgan fingerprint density at radius 2 is 2.17 bits per heavy atom. The summed E-state index contributed by atoms with van der Waals surface area (Å²) in [5, 5.41) is 12.6. The maximum Gasteiger partial charge on any atom is 0.341 e. The number of ether oxygens (including phenoxy) is 1. The first-order chi connectivity index (χ1) is 11.2. The standard InChI is InChI=1S/C14H16ClN3O5S/c1-9(2)18-7-10(6-16-18)17-24(21,22)11-3-4-13(12(15)5-11)23-8-14(19)20/h3-7,9,17H,8H2,1-2H3,(H,19,20). The van der Waals surface area contributed by atoms with Crippen LogP contribution in [-0.2, 0) is 14.8 Å². The molecule has 0 fully saturated rings. The molecule has 0 saturated carbocycles. The number of rotatable bonds is 7. The maximum absolute atomic E-state index is 12.4. The Bertz CT molecular complexity index is 848. The van der Waals surface area contributed by atoms with Crippen molar-refractivity contribution in [2.45, 2.75) is 24.8 Å². The summed E-state index contributed by atoms with van der Waals surface area (Å²) in [6.45, 7) is 3.26. The van der Waals surface area contributed by atoms with E-state index in [-0.39, 0.29) is 21.7 Å². The highest BCUT2D eigenvalue weighted by molar-refractivity contribution is 7.92. The van der Waals surface area contributed by atoms with E-state index in [1.165, 1.54) is 24.4 Å². The molecule has 8 nitrogen and oxygen atoms in total. The van der Waals surface area contributed by atoms with Crippen molar-refractivity contribution >= 4 is 33.3 Å². The number of carbonyl (C=O) groups is 1. The minimum absolute atomic E-state index is 0.00278. The quantitative estimate of drug-likeness (QED) is 0.770. The van der Waals surface area contributed by atoms with Crippen molar-refractivity contribution in [3.8, 4) is 5.75 Å². The fraction of sp³-hybridized carbons (Fsp3) is 0.286. The summed E-state index contributed by atoms with van der Waals surface area (Å²) in [5.41, 5.74) is 0.325. The normalized spacial score (nSPS) is 11.5. The van der Waals surface area contributed by atoms with Crippen molar-refractivity contribution in [1.29, 1.82) is 0 Å². The molecule has 0 radical (unpaired) electrons. The van der Waals surface area contributed by atoms with Gasteiger partial charge in [-0.3, -0.25) is 9.40 Å². The van der Waals surface area contributed by atoms with Gasteiger partial charge in [0.25, 0.3) is 10.0 Å². The minimum atomic E-state index is -3.86. The van der Waals surface area contributed by atoms with Crippen LogP contribution in [0, 0.1) is 0 Å². The zero-order valence-corrected chi connectivity index (χ0v) is 14.5. The molecule has 0 atom stereocenters. The molecule has 0 saturated heterocycles. The predicted octanol–water partition coefficient (Wildman–Crippen LogP) is 2.38. The summed E-state index contributed by atoms with van der Waals surface area (Å²) in [4.78, 5) is 10.4. The van der Waals surface area contributed by atoms with Gasteiger partial charge in [0.2, 0.25) is 0 Å². The van der Waals surface area contributed by atoms with Crippen molar-refractivity contribution < 1.29 is 23.1 Å². The fourth-order valence-electron chi connectivity index (χ4n) is 1.79. The van der Waals surface area contributed by atoms with Crippen molar-refractivity contribution in [1.82, 2.24) is 9.78 Å². The molecular formula is C14H16ClN3O5S. The first-order valence-corrected chi connectivity index (χ1v) is 8.76. The molecule has 1 aromatic carbocycles. The van der Waals surface area contributed by atoms with E-state index in [0.717, 1.165) is 0 Å². The van der Waals surface area contributed by atoms with Crippen LogP contribution in [0.1, 0.15) is 19.9 Å². The number of nitrogens with zero attached hydrogens (tertiary/aromatic N) is 2. The average molecular weight is 374 g/mol. The van der Waals surface area contributed by atoms with Crippen LogP contribution in [0.5, 0.6) is 5.75 Å². The van der Waals surface area contributed by atoms with Gasteiger partial charge in [-0.05, 0) is 32.0 Å². The molecule has 0 aliphatic rings. The van der Waals surface area contributed by atoms with Gasteiger partial charge >= 0.3 is 5.97 Å². The first-order valence-electron chi connectivity index (χ1n) is 6.90. The second-order valence-electron chi connectivity index (χ2n) is 5.18. The van der Waals surface area contributed by atoms with E-state index in [4.69, 9.17) is 21.4 Å². The molecule has 0 unspecified atom stereocenters. The molecule has 0 amide bonds. The molecule has 2 N–H and O–H groups in total. The number of benzene rings is 1. The van der Waals surface area contributed by atoms with E-state index in [0.29, 0.717) is 5.69 Å². The number of aliphatic carboxylic acids is 1. The molecule has 24 heavy (non-hydrogen) atoms. The number of anilines is 1. The Morgan fingerprint density at radius 1 is 1.46 bits per heavy atom. The molecule has 0 aliphatic heterocycles. The molecular weight excluding hydrogens is 358 g/mol. The molecule has 1 aromatic heterocycles. The van der Waals surface area contributed by atoms with Gasteiger partial charge in [-0.15, -0.1) is 0 Å². The largest absolute Gasteiger partial charge is 0.480 e. The summed E-state index contributed by atoms with van der Waals surface area (Å²) in [7, 11) is -3.86. The summed E-state index contributed by atoms with van der Waals surface area (Å²) < 4.78 is 33.7. The van der Waals surface area contributed by atoms with E-state index >= 15 is 0 Å². The van der Waals surface area contributed by atoms with Gasteiger partial charge in [-0.2, -0.15) is 5.10 Å². The number of aromatic nitrogens is 2. The Balaban J connectivity index is 2.19. The number of sulfonamides is 1. The highest BCUT2D eigenvalue weighted by atomic mass is 35.5. The van der Waals surface area contributed by atoms with Crippen LogP contribution in [-0.4, -0.2) is 35.9 Å². The average Bonchev–Trinajstić information content (AvgIpc) is 2.93. The molecule has 0 aliphatic carbocycles. The lowest BCUT2D eigenvalue weighted by atomic mass is 10.3. The Kier molecular flexibility index (Phi) is 5.35. The molecule has 130 valence electrons. The number of carboxylic acids is 1. The zero-order valence-electron chi connectivity index (χ0n) is 12.9. The lowest BCUT2D eigenvalue weighted by Gasteiger charge is -2.09. The van der Waals surface area contributed by atoms with Crippen molar-refractivity contribution in [2.75, 3.05) is 11.3 Å². The van der Waals surface area contributed by atoms with Gasteiger partial charge in [0.1, 0.15) is 5.75 Å². The van der Waals surface area contributed by atoms with E-state index in [1.807, 2.05) is 13.8 Å². The van der Waals surface area contributed by atoms with Gasteiger partial charge < -0.3 is 9.84 Å². The lowest BCUT2D eigenvalue weighted by molar-refractivity contribution is -0.139. The number of carboxylic acid groups (broad SMARTS) is 1. The monoisotopic (exact) mass is 373 g/mol. The summed E-state index contributed by atoms with van der Waals surface area (Å²) >= 11 is 5.94. The van der Waals surface area contributed by atoms with E-state index in [9.17, 15) is 13.2 Å². The minimum Gasteiger partial charge on any atom is -0.480 e.